The molecule has 7 heteroatoms. The Labute approximate surface area is 147 Å². The highest BCUT2D eigenvalue weighted by atomic mass is 79.9. The number of halogens is 1. The van der Waals surface area contributed by atoms with E-state index in [4.69, 9.17) is 4.74 Å². The van der Waals surface area contributed by atoms with Crippen LogP contribution in [0.3, 0.4) is 0 Å². The van der Waals surface area contributed by atoms with Gasteiger partial charge in [-0.15, -0.1) is 0 Å². The molecule has 2 aromatic carbocycles. The molecule has 0 saturated heterocycles. The average Bonchev–Trinajstić information content (AvgIpc) is 2.57. The van der Waals surface area contributed by atoms with Gasteiger partial charge in [-0.3, -0.25) is 4.79 Å². The summed E-state index contributed by atoms with van der Waals surface area (Å²) in [5, 5.41) is 12.5. The molecule has 0 radical (unpaired) electrons. The summed E-state index contributed by atoms with van der Waals surface area (Å²) in [6.07, 6.45) is -0.772. The quantitative estimate of drug-likeness (QED) is 0.600. The van der Waals surface area contributed by atoms with Crippen molar-refractivity contribution in [1.29, 1.82) is 0 Å². The minimum Gasteiger partial charge on any atom is -0.506 e. The van der Waals surface area contributed by atoms with Crippen molar-refractivity contribution in [3.63, 3.8) is 0 Å². The first kappa shape index (κ1) is 17.8. The number of amides is 1. The molecule has 2 rings (SSSR count). The second-order valence-electron chi connectivity index (χ2n) is 4.93. The van der Waals surface area contributed by atoms with Gasteiger partial charge in [0.2, 0.25) is 0 Å². The van der Waals surface area contributed by atoms with Gasteiger partial charge in [0.25, 0.3) is 5.91 Å². The molecule has 2 aromatic rings. The van der Waals surface area contributed by atoms with Crippen molar-refractivity contribution in [2.75, 3.05) is 12.4 Å². The minimum absolute atomic E-state index is 0.180. The molecule has 0 aliphatic heterocycles. The first-order valence-corrected chi connectivity index (χ1v) is 7.84. The van der Waals surface area contributed by atoms with E-state index in [0.717, 1.165) is 4.47 Å². The van der Waals surface area contributed by atoms with E-state index in [0.29, 0.717) is 5.75 Å². The highest BCUT2D eigenvalue weighted by molar-refractivity contribution is 9.10. The number of phenolic OH excluding ortho intramolecular Hbond substituents is 1. The molecule has 0 aromatic heterocycles. The van der Waals surface area contributed by atoms with Gasteiger partial charge >= 0.3 is 5.97 Å². The van der Waals surface area contributed by atoms with E-state index in [1.807, 2.05) is 0 Å². The zero-order valence-corrected chi connectivity index (χ0v) is 14.7. The van der Waals surface area contributed by atoms with Crippen LogP contribution in [0, 0.1) is 0 Å². The van der Waals surface area contributed by atoms with Crippen molar-refractivity contribution in [3.05, 3.63) is 52.5 Å². The van der Waals surface area contributed by atoms with E-state index in [9.17, 15) is 14.7 Å². The fourth-order valence-electron chi connectivity index (χ4n) is 1.89. The number of aromatic hydroxyl groups is 1. The van der Waals surface area contributed by atoms with E-state index in [2.05, 4.69) is 26.0 Å². The van der Waals surface area contributed by atoms with Crippen LogP contribution in [0.15, 0.2) is 46.9 Å². The van der Waals surface area contributed by atoms with Crippen LogP contribution in [0.1, 0.15) is 17.3 Å². The Morgan fingerprint density at radius 2 is 1.83 bits per heavy atom. The summed E-state index contributed by atoms with van der Waals surface area (Å²) in [6, 6.07) is 11.2. The summed E-state index contributed by atoms with van der Waals surface area (Å²) >= 11 is 3.32. The molecule has 0 aliphatic carbocycles. The Morgan fingerprint density at radius 1 is 1.17 bits per heavy atom. The first-order chi connectivity index (χ1) is 11.4. The first-order valence-electron chi connectivity index (χ1n) is 7.05. The Balaban J connectivity index is 2.03. The number of hydrogen-bond donors (Lipinski definition) is 2. The maximum Gasteiger partial charge on any atom is 0.337 e. The lowest BCUT2D eigenvalue weighted by atomic mass is 10.2. The number of carbonyl (C=O) groups excluding carboxylic acids is 2. The lowest BCUT2D eigenvalue weighted by Gasteiger charge is -2.15. The normalized spacial score (nSPS) is 11.5. The third kappa shape index (κ3) is 4.48. The summed E-state index contributed by atoms with van der Waals surface area (Å²) in [7, 11) is 1.25. The molecule has 0 fully saturated rings. The number of nitrogens with one attached hydrogen (secondary N) is 1. The SMILES string of the molecule is COC(=O)c1ccc(NC(=O)C(C)Oc2ccc(Br)cc2)c(O)c1. The summed E-state index contributed by atoms with van der Waals surface area (Å²) in [4.78, 5) is 23.6. The molecule has 0 saturated carbocycles. The lowest BCUT2D eigenvalue weighted by Crippen LogP contribution is -2.30. The number of anilines is 1. The van der Waals surface area contributed by atoms with E-state index >= 15 is 0 Å². The van der Waals surface area contributed by atoms with Crippen molar-refractivity contribution < 1.29 is 24.2 Å². The monoisotopic (exact) mass is 393 g/mol. The lowest BCUT2D eigenvalue weighted by molar-refractivity contribution is -0.122. The van der Waals surface area contributed by atoms with Crippen LogP contribution in [0.25, 0.3) is 0 Å². The van der Waals surface area contributed by atoms with E-state index in [-0.39, 0.29) is 17.0 Å². The predicted molar refractivity (Wildman–Crippen MR) is 92.3 cm³/mol. The Kier molecular flexibility index (Phi) is 5.81. The van der Waals surface area contributed by atoms with Gasteiger partial charge in [-0.1, -0.05) is 15.9 Å². The maximum absolute atomic E-state index is 12.2. The molecule has 126 valence electrons. The van der Waals surface area contributed by atoms with Gasteiger partial charge in [-0.25, -0.2) is 4.79 Å². The van der Waals surface area contributed by atoms with Crippen molar-refractivity contribution >= 4 is 33.5 Å². The Hall–Kier alpha value is -2.54. The van der Waals surface area contributed by atoms with Crippen molar-refractivity contribution in [1.82, 2.24) is 0 Å². The van der Waals surface area contributed by atoms with Gasteiger partial charge in [0.05, 0.1) is 18.4 Å². The molecule has 0 heterocycles. The van der Waals surface area contributed by atoms with Crippen molar-refractivity contribution in [3.8, 4) is 11.5 Å². The molecule has 2 N–H and O–H groups in total. The number of rotatable bonds is 5. The topological polar surface area (TPSA) is 84.9 Å². The second kappa shape index (κ2) is 7.83. The van der Waals surface area contributed by atoms with Crippen LogP contribution in [0.2, 0.25) is 0 Å². The molecule has 24 heavy (non-hydrogen) atoms. The van der Waals surface area contributed by atoms with Crippen LogP contribution < -0.4 is 10.1 Å². The fraction of sp³-hybridized carbons (Fsp3) is 0.176. The molecular formula is C17H16BrNO5. The van der Waals surface area contributed by atoms with E-state index < -0.39 is 18.0 Å². The van der Waals surface area contributed by atoms with Gasteiger partial charge in [-0.2, -0.15) is 0 Å². The minimum atomic E-state index is -0.772. The highest BCUT2D eigenvalue weighted by Crippen LogP contribution is 2.25. The Morgan fingerprint density at radius 3 is 2.42 bits per heavy atom. The third-order valence-electron chi connectivity index (χ3n) is 3.17. The number of esters is 1. The van der Waals surface area contributed by atoms with Gasteiger partial charge in [0.1, 0.15) is 11.5 Å². The molecular weight excluding hydrogens is 378 g/mol. The number of hydrogen-bond acceptors (Lipinski definition) is 5. The number of benzene rings is 2. The van der Waals surface area contributed by atoms with Gasteiger partial charge in [0, 0.05) is 4.47 Å². The second-order valence-corrected chi connectivity index (χ2v) is 5.84. The fourth-order valence-corrected chi connectivity index (χ4v) is 2.15. The molecule has 1 amide bonds. The zero-order valence-electron chi connectivity index (χ0n) is 13.1. The molecule has 0 aliphatic rings. The summed E-state index contributed by atoms with van der Waals surface area (Å²) in [5.41, 5.74) is 0.367. The smallest absolute Gasteiger partial charge is 0.337 e. The van der Waals surface area contributed by atoms with Crippen LogP contribution in [-0.4, -0.2) is 30.2 Å². The average molecular weight is 394 g/mol. The number of phenols is 1. The molecule has 1 atom stereocenters. The van der Waals surface area contributed by atoms with Crippen LogP contribution >= 0.6 is 15.9 Å². The summed E-state index contributed by atoms with van der Waals surface area (Å²) in [6.45, 7) is 1.59. The van der Waals surface area contributed by atoms with E-state index in [1.54, 1.807) is 31.2 Å². The third-order valence-corrected chi connectivity index (χ3v) is 3.70. The molecule has 1 unspecified atom stereocenters. The molecule has 0 spiro atoms. The van der Waals surface area contributed by atoms with Gasteiger partial charge in [0.15, 0.2) is 6.10 Å². The number of methoxy groups -OCH3 is 1. The standard InChI is InChI=1S/C17H16BrNO5/c1-10(24-13-6-4-12(18)5-7-13)16(21)19-14-8-3-11(9-15(14)20)17(22)23-2/h3-10,20H,1-2H3,(H,19,21). The Bertz CT molecular complexity index is 745. The predicted octanol–water partition coefficient (Wildman–Crippen LogP) is 3.35. The number of carbonyl (C=O) groups is 2. The largest absolute Gasteiger partial charge is 0.506 e. The van der Waals surface area contributed by atoms with Gasteiger partial charge < -0.3 is 19.9 Å². The van der Waals surface area contributed by atoms with Gasteiger partial charge in [-0.05, 0) is 49.4 Å². The number of ether oxygens (including phenoxy) is 2. The highest BCUT2D eigenvalue weighted by Gasteiger charge is 2.17. The van der Waals surface area contributed by atoms with Crippen molar-refractivity contribution in [2.24, 2.45) is 0 Å². The molecule has 0 bridgehead atoms. The summed E-state index contributed by atoms with van der Waals surface area (Å²) in [5.74, 6) is -0.692. The van der Waals surface area contributed by atoms with E-state index in [1.165, 1.54) is 25.3 Å². The maximum atomic E-state index is 12.2. The summed E-state index contributed by atoms with van der Waals surface area (Å²) < 4.78 is 11.0. The van der Waals surface area contributed by atoms with Crippen molar-refractivity contribution in [2.45, 2.75) is 13.0 Å². The van der Waals surface area contributed by atoms with Crippen LogP contribution in [0.5, 0.6) is 11.5 Å². The molecule has 6 nitrogen and oxygen atoms in total. The van der Waals surface area contributed by atoms with Crippen LogP contribution in [0.4, 0.5) is 5.69 Å². The van der Waals surface area contributed by atoms with Crippen LogP contribution in [-0.2, 0) is 9.53 Å². The zero-order chi connectivity index (χ0) is 17.7.